The van der Waals surface area contributed by atoms with Crippen LogP contribution in [0.15, 0.2) is 30.2 Å². The van der Waals surface area contributed by atoms with Crippen molar-refractivity contribution in [3.05, 3.63) is 35.9 Å². The van der Waals surface area contributed by atoms with Crippen molar-refractivity contribution < 1.29 is 4.74 Å². The van der Waals surface area contributed by atoms with Crippen LogP contribution in [0.25, 0.3) is 4.96 Å². The number of rotatable bonds is 4. The predicted molar refractivity (Wildman–Crippen MR) is 69.0 cm³/mol. The van der Waals surface area contributed by atoms with E-state index in [0.29, 0.717) is 12.4 Å². The van der Waals surface area contributed by atoms with E-state index in [1.807, 2.05) is 22.2 Å². The minimum Gasteiger partial charge on any atom is -0.481 e. The van der Waals surface area contributed by atoms with Gasteiger partial charge in [0.05, 0.1) is 19.3 Å². The van der Waals surface area contributed by atoms with Crippen molar-refractivity contribution in [1.29, 1.82) is 0 Å². The van der Waals surface area contributed by atoms with Crippen LogP contribution in [0.5, 0.6) is 5.88 Å². The molecule has 0 radical (unpaired) electrons. The molecule has 3 heterocycles. The van der Waals surface area contributed by atoms with Crippen LogP contribution in [0, 0.1) is 0 Å². The molecule has 7 heteroatoms. The van der Waals surface area contributed by atoms with Crippen molar-refractivity contribution in [3.8, 4) is 5.88 Å². The monoisotopic (exact) mass is 261 g/mol. The Labute approximate surface area is 107 Å². The second kappa shape index (κ2) is 4.61. The van der Waals surface area contributed by atoms with Gasteiger partial charge >= 0.3 is 0 Å². The number of anilines is 1. The molecule has 0 amide bonds. The molecule has 0 saturated heterocycles. The third-order valence-electron chi connectivity index (χ3n) is 2.44. The molecule has 1 N–H and O–H groups in total. The Kier molecular flexibility index (Phi) is 2.81. The summed E-state index contributed by atoms with van der Waals surface area (Å²) in [6.07, 6.45) is 5.45. The Bertz CT molecular complexity index is 634. The van der Waals surface area contributed by atoms with Crippen LogP contribution in [0.1, 0.15) is 5.69 Å². The molecule has 0 unspecified atom stereocenters. The van der Waals surface area contributed by atoms with Crippen molar-refractivity contribution in [2.45, 2.75) is 6.54 Å². The van der Waals surface area contributed by atoms with E-state index in [0.717, 1.165) is 16.5 Å². The lowest BCUT2D eigenvalue weighted by molar-refractivity contribution is 0.397. The molecule has 3 aromatic rings. The van der Waals surface area contributed by atoms with Gasteiger partial charge in [-0.2, -0.15) is 0 Å². The molecular weight excluding hydrogens is 250 g/mol. The first-order valence-corrected chi connectivity index (χ1v) is 6.24. The smallest absolute Gasteiger partial charge is 0.218 e. The van der Waals surface area contributed by atoms with E-state index >= 15 is 0 Å². The molecule has 0 spiro atoms. The van der Waals surface area contributed by atoms with Gasteiger partial charge in [-0.15, -0.1) is 11.3 Å². The fraction of sp³-hybridized carbons (Fsp3) is 0.182. The maximum atomic E-state index is 5.03. The lowest BCUT2D eigenvalue weighted by Gasteiger charge is -2.04. The average Bonchev–Trinajstić information content (AvgIpc) is 2.97. The average molecular weight is 261 g/mol. The Balaban J connectivity index is 1.71. The maximum absolute atomic E-state index is 5.03. The molecule has 0 aliphatic heterocycles. The molecule has 6 nitrogen and oxygen atoms in total. The van der Waals surface area contributed by atoms with Crippen molar-refractivity contribution in [2.24, 2.45) is 0 Å². The number of thiazole rings is 1. The molecule has 0 saturated carbocycles. The molecule has 3 rings (SSSR count). The Hall–Kier alpha value is -2.15. The summed E-state index contributed by atoms with van der Waals surface area (Å²) in [5.74, 6) is 1.26. The van der Waals surface area contributed by atoms with Gasteiger partial charge < -0.3 is 10.1 Å². The second-order valence-electron chi connectivity index (χ2n) is 3.62. The van der Waals surface area contributed by atoms with E-state index in [9.17, 15) is 0 Å². The third kappa shape index (κ3) is 2.12. The van der Waals surface area contributed by atoms with E-state index < -0.39 is 0 Å². The van der Waals surface area contributed by atoms with Gasteiger partial charge in [0.2, 0.25) is 5.88 Å². The minimum absolute atomic E-state index is 0.540. The molecule has 0 bridgehead atoms. The standard InChI is InChI=1S/C11H11N5OS/c1-17-10-4-9(13-7-14-10)12-5-8-6-16-2-3-18-11(16)15-8/h2-4,6-7H,5H2,1H3,(H,12,13,14). The van der Waals surface area contributed by atoms with Crippen LogP contribution < -0.4 is 10.1 Å². The lowest BCUT2D eigenvalue weighted by atomic mass is 10.4. The summed E-state index contributed by atoms with van der Waals surface area (Å²) >= 11 is 1.61. The highest BCUT2D eigenvalue weighted by Gasteiger charge is 2.03. The molecular formula is C11H11N5OS. The largest absolute Gasteiger partial charge is 0.481 e. The van der Waals surface area contributed by atoms with E-state index in [1.165, 1.54) is 6.33 Å². The van der Waals surface area contributed by atoms with Gasteiger partial charge in [-0.25, -0.2) is 15.0 Å². The number of methoxy groups -OCH3 is 1. The zero-order valence-electron chi connectivity index (χ0n) is 9.70. The van der Waals surface area contributed by atoms with Crippen LogP contribution in [0.2, 0.25) is 0 Å². The number of hydrogen-bond donors (Lipinski definition) is 1. The van der Waals surface area contributed by atoms with Gasteiger partial charge in [0, 0.05) is 23.8 Å². The summed E-state index contributed by atoms with van der Waals surface area (Å²) in [7, 11) is 1.58. The quantitative estimate of drug-likeness (QED) is 0.776. The van der Waals surface area contributed by atoms with Gasteiger partial charge in [-0.05, 0) is 0 Å². The fourth-order valence-electron chi connectivity index (χ4n) is 1.59. The minimum atomic E-state index is 0.540. The van der Waals surface area contributed by atoms with Gasteiger partial charge in [0.25, 0.3) is 0 Å². The number of imidazole rings is 1. The second-order valence-corrected chi connectivity index (χ2v) is 4.50. The predicted octanol–water partition coefficient (Wildman–Crippen LogP) is 1.81. The molecule has 92 valence electrons. The van der Waals surface area contributed by atoms with Crippen LogP contribution in [0.3, 0.4) is 0 Å². The van der Waals surface area contributed by atoms with Gasteiger partial charge in [-0.3, -0.25) is 4.40 Å². The van der Waals surface area contributed by atoms with Crippen molar-refractivity contribution in [1.82, 2.24) is 19.4 Å². The van der Waals surface area contributed by atoms with Gasteiger partial charge in [-0.1, -0.05) is 0 Å². The maximum Gasteiger partial charge on any atom is 0.218 e. The Morgan fingerprint density at radius 2 is 2.39 bits per heavy atom. The molecule has 3 aromatic heterocycles. The summed E-state index contributed by atoms with van der Waals surface area (Å²) in [5, 5.41) is 5.19. The van der Waals surface area contributed by atoms with Crippen molar-refractivity contribution in [2.75, 3.05) is 12.4 Å². The first kappa shape index (κ1) is 11.0. The molecule has 0 aliphatic carbocycles. The Morgan fingerprint density at radius 3 is 3.22 bits per heavy atom. The van der Waals surface area contributed by atoms with E-state index in [-0.39, 0.29) is 0 Å². The number of nitrogens with zero attached hydrogens (tertiary/aromatic N) is 4. The first-order chi connectivity index (χ1) is 8.85. The van der Waals surface area contributed by atoms with Crippen LogP contribution >= 0.6 is 11.3 Å². The summed E-state index contributed by atoms with van der Waals surface area (Å²) < 4.78 is 7.04. The highest BCUT2D eigenvalue weighted by atomic mass is 32.1. The van der Waals surface area contributed by atoms with Crippen LogP contribution in [-0.2, 0) is 6.54 Å². The SMILES string of the molecule is COc1cc(NCc2cn3ccsc3n2)ncn1. The zero-order valence-corrected chi connectivity index (χ0v) is 10.5. The van der Waals surface area contributed by atoms with E-state index in [1.54, 1.807) is 24.5 Å². The number of hydrogen-bond acceptors (Lipinski definition) is 6. The lowest BCUT2D eigenvalue weighted by Crippen LogP contribution is -2.02. The molecule has 0 aromatic carbocycles. The highest BCUT2D eigenvalue weighted by molar-refractivity contribution is 7.15. The van der Waals surface area contributed by atoms with Gasteiger partial charge in [0.1, 0.15) is 12.1 Å². The number of nitrogens with one attached hydrogen (secondary N) is 1. The van der Waals surface area contributed by atoms with Gasteiger partial charge in [0.15, 0.2) is 4.96 Å². The number of fused-ring (bicyclic) bond motifs is 1. The summed E-state index contributed by atoms with van der Waals surface area (Å²) in [6.45, 7) is 0.620. The van der Waals surface area contributed by atoms with Crippen LogP contribution in [-0.4, -0.2) is 26.5 Å². The number of ether oxygens (including phenoxy) is 1. The Morgan fingerprint density at radius 1 is 1.44 bits per heavy atom. The summed E-state index contributed by atoms with van der Waals surface area (Å²) in [5.41, 5.74) is 0.972. The number of aromatic nitrogens is 4. The first-order valence-electron chi connectivity index (χ1n) is 5.36. The fourth-order valence-corrected chi connectivity index (χ4v) is 2.31. The van der Waals surface area contributed by atoms with Crippen molar-refractivity contribution in [3.63, 3.8) is 0 Å². The topological polar surface area (TPSA) is 64.3 Å². The van der Waals surface area contributed by atoms with E-state index in [2.05, 4.69) is 20.3 Å². The zero-order chi connectivity index (χ0) is 12.4. The van der Waals surface area contributed by atoms with E-state index in [4.69, 9.17) is 4.74 Å². The summed E-state index contributed by atoms with van der Waals surface area (Å²) in [6, 6.07) is 1.75. The third-order valence-corrected chi connectivity index (χ3v) is 3.22. The molecule has 0 fully saturated rings. The van der Waals surface area contributed by atoms with Crippen molar-refractivity contribution >= 4 is 22.1 Å². The van der Waals surface area contributed by atoms with Crippen LogP contribution in [0.4, 0.5) is 5.82 Å². The molecule has 0 aliphatic rings. The summed E-state index contributed by atoms with van der Waals surface area (Å²) in [4.78, 5) is 13.5. The molecule has 18 heavy (non-hydrogen) atoms. The highest BCUT2D eigenvalue weighted by Crippen LogP contribution is 2.14. The molecule has 0 atom stereocenters. The normalized spacial score (nSPS) is 10.7.